The summed E-state index contributed by atoms with van der Waals surface area (Å²) in [5.41, 5.74) is 1.80. The molecule has 2 bridgehead atoms. The molecule has 1 N–H and O–H groups in total. The minimum absolute atomic E-state index is 0.0261. The van der Waals surface area contributed by atoms with Crippen molar-refractivity contribution in [3.63, 3.8) is 0 Å². The summed E-state index contributed by atoms with van der Waals surface area (Å²) in [6, 6.07) is 6.58. The third kappa shape index (κ3) is 5.91. The number of hydrogen-bond acceptors (Lipinski definition) is 6. The topological polar surface area (TPSA) is 84.4 Å². The van der Waals surface area contributed by atoms with Crippen molar-refractivity contribution < 1.29 is 19.5 Å². The van der Waals surface area contributed by atoms with Gasteiger partial charge in [-0.2, -0.15) is 0 Å². The Bertz CT molecular complexity index is 1210. The van der Waals surface area contributed by atoms with Gasteiger partial charge in [-0.05, 0) is 56.9 Å². The minimum atomic E-state index is -0.833. The summed E-state index contributed by atoms with van der Waals surface area (Å²) in [5, 5.41) is 10.5. The number of carbonyl (C=O) groups excluding carboxylic acids is 3. The molecule has 7 atom stereocenters. The van der Waals surface area contributed by atoms with E-state index in [4.69, 9.17) is 0 Å². The van der Waals surface area contributed by atoms with Crippen LogP contribution in [0.25, 0.3) is 0 Å². The van der Waals surface area contributed by atoms with Crippen molar-refractivity contribution in [2.75, 3.05) is 49.6 Å². The van der Waals surface area contributed by atoms with Crippen LogP contribution in [0.4, 0.5) is 11.4 Å². The average Bonchev–Trinajstić information content (AvgIpc) is 3.58. The van der Waals surface area contributed by atoms with Crippen LogP contribution in [0.2, 0.25) is 0 Å². The lowest BCUT2D eigenvalue weighted by atomic mass is 9.70. The zero-order valence-electron chi connectivity index (χ0n) is 26.1. The van der Waals surface area contributed by atoms with Gasteiger partial charge in [0.05, 0.1) is 29.2 Å². The Hall–Kier alpha value is -2.30. The average molecular weight is 676 g/mol. The predicted octanol–water partition coefficient (Wildman–Crippen LogP) is 4.57. The molecule has 1 aromatic rings. The second-order valence-electron chi connectivity index (χ2n) is 12.3. The largest absolute Gasteiger partial charge is 0.394 e. The number of likely N-dealkylation sites (N-methyl/N-ethyl adjacent to an activating group) is 1. The van der Waals surface area contributed by atoms with E-state index in [0.717, 1.165) is 24.5 Å². The molecule has 0 radical (unpaired) electrons. The van der Waals surface area contributed by atoms with Gasteiger partial charge in [0, 0.05) is 54.7 Å². The van der Waals surface area contributed by atoms with Crippen molar-refractivity contribution in [2.45, 2.75) is 67.4 Å². The van der Waals surface area contributed by atoms with E-state index < -0.39 is 28.7 Å². The van der Waals surface area contributed by atoms with Crippen molar-refractivity contribution in [3.8, 4) is 0 Å². The normalized spacial score (nSPS) is 28.1. The highest BCUT2D eigenvalue weighted by Gasteiger charge is 2.76. The van der Waals surface area contributed by atoms with E-state index in [9.17, 15) is 19.5 Å². The lowest BCUT2D eigenvalue weighted by molar-refractivity contribution is -0.145. The number of thioether (sulfide) groups is 1. The van der Waals surface area contributed by atoms with Gasteiger partial charge in [0.15, 0.2) is 0 Å². The number of benzene rings is 1. The van der Waals surface area contributed by atoms with Crippen LogP contribution in [0.1, 0.15) is 40.5 Å². The molecule has 1 aromatic carbocycles. The second kappa shape index (κ2) is 13.8. The van der Waals surface area contributed by atoms with Gasteiger partial charge >= 0.3 is 0 Å². The quantitative estimate of drug-likeness (QED) is 0.230. The molecule has 4 rings (SSSR count). The summed E-state index contributed by atoms with van der Waals surface area (Å²) in [7, 11) is 1.74. The highest BCUT2D eigenvalue weighted by Crippen LogP contribution is 2.68. The molecule has 43 heavy (non-hydrogen) atoms. The molecule has 10 heteroatoms. The van der Waals surface area contributed by atoms with Crippen LogP contribution in [-0.2, 0) is 14.4 Å². The van der Waals surface area contributed by atoms with Crippen LogP contribution in [-0.4, -0.2) is 99.4 Å². The molecular weight excluding hydrogens is 628 g/mol. The number of hydrogen-bond donors (Lipinski definition) is 1. The van der Waals surface area contributed by atoms with Crippen molar-refractivity contribution >= 4 is 56.8 Å². The fourth-order valence-electron chi connectivity index (χ4n) is 7.41. The van der Waals surface area contributed by atoms with Crippen LogP contribution < -0.4 is 9.80 Å². The highest BCUT2D eigenvalue weighted by molar-refractivity contribution is 9.09. The summed E-state index contributed by atoms with van der Waals surface area (Å²) in [4.78, 5) is 50.6. The fourth-order valence-corrected chi connectivity index (χ4v) is 11.0. The van der Waals surface area contributed by atoms with Gasteiger partial charge in [-0.3, -0.25) is 14.4 Å². The van der Waals surface area contributed by atoms with Crippen LogP contribution in [0.3, 0.4) is 0 Å². The van der Waals surface area contributed by atoms with Crippen molar-refractivity contribution in [1.82, 2.24) is 9.80 Å². The number of halogens is 1. The molecule has 3 aliphatic rings. The summed E-state index contributed by atoms with van der Waals surface area (Å²) in [6.45, 7) is 18.2. The number of fused-ring (bicyclic) bond motifs is 1. The molecular formula is C33H47BrN4O4S. The Morgan fingerprint density at radius 2 is 1.72 bits per heavy atom. The zero-order chi connectivity index (χ0) is 31.6. The van der Waals surface area contributed by atoms with Gasteiger partial charge in [0.2, 0.25) is 11.8 Å². The number of aliphatic hydroxyl groups excluding tert-OH is 1. The summed E-state index contributed by atoms with van der Waals surface area (Å²) in [5.74, 6) is -1.53. The minimum Gasteiger partial charge on any atom is -0.394 e. The van der Waals surface area contributed by atoms with Crippen molar-refractivity contribution in [2.24, 2.45) is 17.8 Å². The van der Waals surface area contributed by atoms with E-state index in [1.807, 2.05) is 38.1 Å². The number of anilines is 2. The lowest BCUT2D eigenvalue weighted by Crippen LogP contribution is -2.58. The number of aliphatic hydroxyl groups is 1. The third-order valence-corrected chi connectivity index (χ3v) is 12.5. The van der Waals surface area contributed by atoms with E-state index >= 15 is 0 Å². The number of nitrogens with zero attached hydrogens (tertiary/aromatic N) is 4. The Balaban J connectivity index is 1.82. The Morgan fingerprint density at radius 3 is 2.26 bits per heavy atom. The number of carbonyl (C=O) groups is 3. The Labute approximate surface area is 269 Å². The van der Waals surface area contributed by atoms with Gasteiger partial charge in [0.1, 0.15) is 6.04 Å². The van der Waals surface area contributed by atoms with Crippen molar-refractivity contribution in [3.05, 3.63) is 49.6 Å². The molecule has 3 saturated heterocycles. The summed E-state index contributed by atoms with van der Waals surface area (Å²) in [6.07, 6.45) is 4.52. The second-order valence-corrected chi connectivity index (χ2v) is 15.0. The number of alkyl halides is 1. The molecule has 1 spiro atoms. The number of likely N-dealkylation sites (tertiary alicyclic amines) is 1. The molecule has 3 amide bonds. The van der Waals surface area contributed by atoms with Crippen molar-refractivity contribution in [1.29, 1.82) is 0 Å². The smallest absolute Gasteiger partial charge is 0.251 e. The maximum absolute atomic E-state index is 14.9. The maximum atomic E-state index is 14.9. The summed E-state index contributed by atoms with van der Waals surface area (Å²) < 4.78 is -0.798. The van der Waals surface area contributed by atoms with Gasteiger partial charge in [-0.25, -0.2) is 0 Å². The molecule has 0 aliphatic carbocycles. The number of rotatable bonds is 14. The van der Waals surface area contributed by atoms with Gasteiger partial charge in [-0.15, -0.1) is 24.9 Å². The van der Waals surface area contributed by atoms with E-state index in [0.29, 0.717) is 19.4 Å². The van der Waals surface area contributed by atoms with Crippen LogP contribution in [0.5, 0.6) is 0 Å². The molecule has 0 aromatic heterocycles. The van der Waals surface area contributed by atoms with Gasteiger partial charge in [0.25, 0.3) is 5.91 Å². The Morgan fingerprint density at radius 1 is 1.12 bits per heavy atom. The fraction of sp³-hybridized carbons (Fsp3) is 0.606. The SMILES string of the molecule is C=CCN(C)C(=O)[C@H]1[C@@H]2SC3(CC2Br)C(C(=O)N(CC=C)c2ccc(N(CC)CC)cc2)N([C@@H](CO)CC(C)C)C(=O)[C@H]13. The number of amides is 3. The van der Waals surface area contributed by atoms with Crippen LogP contribution in [0.15, 0.2) is 49.6 Å². The first-order chi connectivity index (χ1) is 20.5. The highest BCUT2D eigenvalue weighted by atomic mass is 79.9. The van der Waals surface area contributed by atoms with E-state index in [1.165, 1.54) is 0 Å². The lowest BCUT2D eigenvalue weighted by Gasteiger charge is -2.40. The van der Waals surface area contributed by atoms with Gasteiger partial charge in [-0.1, -0.05) is 41.9 Å². The third-order valence-electron chi connectivity index (χ3n) is 9.24. The van der Waals surface area contributed by atoms with Crippen LogP contribution in [0, 0.1) is 17.8 Å². The molecule has 3 heterocycles. The Kier molecular flexibility index (Phi) is 10.8. The standard InChI is InChI=1S/C33H47BrN4O4S/c1-8-16-35(7)30(40)26-27-31(41)38(24(20-39)18-21(5)6)29(33(27)19-25(34)28(26)43-33)32(42)37(17-9-2)23-14-12-22(13-15-23)36(10-3)11-4/h8-9,12-15,21,24-29,39H,1-2,10-11,16-20H2,3-7H3/t24-,25?,26-,27+,28-,29?,33?/m1/s1. The first kappa shape index (κ1) is 33.6. The first-order valence-electron chi connectivity index (χ1n) is 15.4. The van der Waals surface area contributed by atoms with Crippen LogP contribution >= 0.6 is 27.7 Å². The first-order valence-corrected chi connectivity index (χ1v) is 17.2. The van der Waals surface area contributed by atoms with Gasteiger partial charge < -0.3 is 24.7 Å². The van der Waals surface area contributed by atoms with E-state index in [-0.39, 0.29) is 46.9 Å². The predicted molar refractivity (Wildman–Crippen MR) is 180 cm³/mol. The zero-order valence-corrected chi connectivity index (χ0v) is 28.5. The maximum Gasteiger partial charge on any atom is 0.251 e. The summed E-state index contributed by atoms with van der Waals surface area (Å²) >= 11 is 5.46. The van der Waals surface area contributed by atoms with E-state index in [2.05, 4.69) is 47.8 Å². The molecule has 8 nitrogen and oxygen atoms in total. The molecule has 236 valence electrons. The molecule has 3 fully saturated rings. The molecule has 3 aliphatic heterocycles. The monoisotopic (exact) mass is 674 g/mol. The molecule has 0 saturated carbocycles. The van der Waals surface area contributed by atoms with E-state index in [1.54, 1.807) is 45.7 Å². The molecule has 3 unspecified atom stereocenters.